The number of alkyl halides is 3. The zero-order valence-corrected chi connectivity index (χ0v) is 12.9. The van der Waals surface area contributed by atoms with Crippen LogP contribution in [0.4, 0.5) is 18.9 Å². The summed E-state index contributed by atoms with van der Waals surface area (Å²) in [5, 5.41) is 3.38. The SMILES string of the molecule is FC(F)(F)c1ccc(Cl)c(NC2CCc3sc(Cl)cc32)c1. The minimum absolute atomic E-state index is 0.0512. The van der Waals surface area contributed by atoms with E-state index in [1.807, 2.05) is 6.07 Å². The zero-order chi connectivity index (χ0) is 15.2. The third-order valence-electron chi connectivity index (χ3n) is 3.47. The normalized spacial score (nSPS) is 17.9. The number of thiophene rings is 1. The van der Waals surface area contributed by atoms with Gasteiger partial charge in [0.05, 0.1) is 26.7 Å². The summed E-state index contributed by atoms with van der Waals surface area (Å²) in [5.41, 5.74) is 0.640. The molecule has 0 saturated heterocycles. The molecule has 7 heteroatoms. The maximum absolute atomic E-state index is 12.8. The van der Waals surface area contributed by atoms with E-state index in [0.717, 1.165) is 30.5 Å². The van der Waals surface area contributed by atoms with Crippen LogP contribution in [0.5, 0.6) is 0 Å². The van der Waals surface area contributed by atoms with Crippen LogP contribution in [0.25, 0.3) is 0 Å². The molecule has 1 unspecified atom stereocenters. The monoisotopic (exact) mass is 351 g/mol. The lowest BCUT2D eigenvalue weighted by Crippen LogP contribution is -2.10. The summed E-state index contributed by atoms with van der Waals surface area (Å²) in [7, 11) is 0. The number of rotatable bonds is 2. The van der Waals surface area contributed by atoms with Crippen LogP contribution in [0.3, 0.4) is 0 Å². The highest BCUT2D eigenvalue weighted by atomic mass is 35.5. The lowest BCUT2D eigenvalue weighted by atomic mass is 10.1. The van der Waals surface area contributed by atoms with Crippen molar-refractivity contribution in [2.24, 2.45) is 0 Å². The highest BCUT2D eigenvalue weighted by Gasteiger charge is 2.32. The van der Waals surface area contributed by atoms with Gasteiger partial charge < -0.3 is 5.32 Å². The fourth-order valence-corrected chi connectivity index (χ4v) is 4.01. The molecule has 1 N–H and O–H groups in total. The summed E-state index contributed by atoms with van der Waals surface area (Å²) in [4.78, 5) is 1.18. The van der Waals surface area contributed by atoms with Crippen molar-refractivity contribution >= 4 is 40.2 Å². The lowest BCUT2D eigenvalue weighted by Gasteiger charge is -2.17. The molecule has 0 spiro atoms. The first-order valence-electron chi connectivity index (χ1n) is 6.26. The second-order valence-corrected chi connectivity index (χ2v) is 7.03. The standard InChI is InChI=1S/C14H10Cl2F3NS/c15-9-2-1-7(14(17,18)19)5-11(9)20-10-3-4-12-8(10)6-13(16)21-12/h1-2,5-6,10,20H,3-4H2. The third kappa shape index (κ3) is 3.00. The maximum Gasteiger partial charge on any atom is 0.416 e. The molecule has 1 heterocycles. The minimum atomic E-state index is -4.38. The van der Waals surface area contributed by atoms with Crippen molar-refractivity contribution in [1.29, 1.82) is 0 Å². The Morgan fingerprint density at radius 1 is 1.19 bits per heavy atom. The van der Waals surface area contributed by atoms with Crippen molar-refractivity contribution in [2.75, 3.05) is 5.32 Å². The van der Waals surface area contributed by atoms with Crippen molar-refractivity contribution in [3.8, 4) is 0 Å². The van der Waals surface area contributed by atoms with Crippen LogP contribution >= 0.6 is 34.5 Å². The molecule has 1 nitrogen and oxygen atoms in total. The summed E-state index contributed by atoms with van der Waals surface area (Å²) < 4.78 is 39.0. The summed E-state index contributed by atoms with van der Waals surface area (Å²) in [5.74, 6) is 0. The average molecular weight is 352 g/mol. The average Bonchev–Trinajstić information content (AvgIpc) is 2.91. The molecule has 0 saturated carbocycles. The van der Waals surface area contributed by atoms with Gasteiger partial charge >= 0.3 is 6.18 Å². The van der Waals surface area contributed by atoms with Gasteiger partial charge in [0.1, 0.15) is 0 Å². The molecule has 112 valence electrons. The smallest absolute Gasteiger partial charge is 0.377 e. The van der Waals surface area contributed by atoms with E-state index in [9.17, 15) is 13.2 Å². The molecule has 0 amide bonds. The summed E-state index contributed by atoms with van der Waals surface area (Å²) in [6.45, 7) is 0. The quantitative estimate of drug-likeness (QED) is 0.681. The molecular weight excluding hydrogens is 342 g/mol. The van der Waals surface area contributed by atoms with Gasteiger partial charge in [-0.3, -0.25) is 0 Å². The van der Waals surface area contributed by atoms with Crippen LogP contribution < -0.4 is 5.32 Å². The van der Waals surface area contributed by atoms with E-state index in [0.29, 0.717) is 10.0 Å². The Morgan fingerprint density at radius 2 is 1.95 bits per heavy atom. The second kappa shape index (κ2) is 5.38. The molecule has 3 rings (SSSR count). The van der Waals surface area contributed by atoms with E-state index in [1.165, 1.54) is 22.3 Å². The predicted octanol–water partition coefficient (Wildman–Crippen LogP) is 6.17. The first-order valence-corrected chi connectivity index (χ1v) is 7.83. The van der Waals surface area contributed by atoms with Gasteiger partial charge in [-0.2, -0.15) is 13.2 Å². The highest BCUT2D eigenvalue weighted by Crippen LogP contribution is 2.42. The Balaban J connectivity index is 1.89. The second-order valence-electron chi connectivity index (χ2n) is 4.86. The van der Waals surface area contributed by atoms with E-state index in [4.69, 9.17) is 23.2 Å². The predicted molar refractivity (Wildman–Crippen MR) is 80.5 cm³/mol. The highest BCUT2D eigenvalue weighted by molar-refractivity contribution is 7.16. The minimum Gasteiger partial charge on any atom is -0.377 e. The molecule has 0 fully saturated rings. The van der Waals surface area contributed by atoms with E-state index in [1.54, 1.807) is 0 Å². The number of aryl methyl sites for hydroxylation is 1. The van der Waals surface area contributed by atoms with Crippen molar-refractivity contribution in [3.63, 3.8) is 0 Å². The molecule has 0 aliphatic heterocycles. The number of benzene rings is 1. The number of halogens is 5. The van der Waals surface area contributed by atoms with Crippen LogP contribution in [0.15, 0.2) is 24.3 Å². The maximum atomic E-state index is 12.8. The molecule has 1 aliphatic carbocycles. The summed E-state index contributed by atoms with van der Waals surface area (Å²) >= 11 is 13.5. The molecule has 2 aromatic rings. The fraction of sp³-hybridized carbons (Fsp3) is 0.286. The number of hydrogen-bond acceptors (Lipinski definition) is 2. The number of anilines is 1. The first-order chi connectivity index (χ1) is 9.84. The lowest BCUT2D eigenvalue weighted by molar-refractivity contribution is -0.137. The van der Waals surface area contributed by atoms with Gasteiger partial charge in [-0.05, 0) is 42.7 Å². The molecule has 1 atom stereocenters. The van der Waals surface area contributed by atoms with Crippen LogP contribution in [-0.2, 0) is 12.6 Å². The molecule has 0 radical (unpaired) electrons. The largest absolute Gasteiger partial charge is 0.416 e. The molecule has 1 aliphatic rings. The van der Waals surface area contributed by atoms with Gasteiger partial charge in [0.15, 0.2) is 0 Å². The van der Waals surface area contributed by atoms with E-state index < -0.39 is 11.7 Å². The molecule has 1 aromatic carbocycles. The Morgan fingerprint density at radius 3 is 2.67 bits per heavy atom. The Hall–Kier alpha value is -0.910. The van der Waals surface area contributed by atoms with Gasteiger partial charge in [0.2, 0.25) is 0 Å². The van der Waals surface area contributed by atoms with Crippen molar-refractivity contribution in [3.05, 3.63) is 49.6 Å². The Kier molecular flexibility index (Phi) is 3.84. The molecular formula is C14H10Cl2F3NS. The Labute approximate surface area is 133 Å². The molecule has 21 heavy (non-hydrogen) atoms. The van der Waals surface area contributed by atoms with Crippen molar-refractivity contribution < 1.29 is 13.2 Å². The van der Waals surface area contributed by atoms with Gasteiger partial charge in [0.25, 0.3) is 0 Å². The van der Waals surface area contributed by atoms with Crippen LogP contribution in [0.2, 0.25) is 9.36 Å². The third-order valence-corrected chi connectivity index (χ3v) is 5.14. The number of hydrogen-bond donors (Lipinski definition) is 1. The molecule has 1 aromatic heterocycles. The molecule has 0 bridgehead atoms. The summed E-state index contributed by atoms with van der Waals surface area (Å²) in [6.07, 6.45) is -2.68. The van der Waals surface area contributed by atoms with Crippen LogP contribution in [-0.4, -0.2) is 0 Å². The van der Waals surface area contributed by atoms with Crippen molar-refractivity contribution in [1.82, 2.24) is 0 Å². The number of fused-ring (bicyclic) bond motifs is 1. The van der Waals surface area contributed by atoms with Crippen molar-refractivity contribution in [2.45, 2.75) is 25.1 Å². The van der Waals surface area contributed by atoms with Gasteiger partial charge in [-0.15, -0.1) is 11.3 Å². The van der Waals surface area contributed by atoms with E-state index >= 15 is 0 Å². The van der Waals surface area contributed by atoms with Gasteiger partial charge in [-0.25, -0.2) is 0 Å². The fourth-order valence-electron chi connectivity index (χ4n) is 2.48. The summed E-state index contributed by atoms with van der Waals surface area (Å²) in [6, 6.07) is 5.12. The van der Waals surface area contributed by atoms with Gasteiger partial charge in [-0.1, -0.05) is 23.2 Å². The topological polar surface area (TPSA) is 12.0 Å². The number of nitrogens with one attached hydrogen (secondary N) is 1. The van der Waals surface area contributed by atoms with E-state index in [-0.39, 0.29) is 11.1 Å². The first kappa shape index (κ1) is 15.0. The van der Waals surface area contributed by atoms with E-state index in [2.05, 4.69) is 5.32 Å². The Bertz CT molecular complexity index is 681. The van der Waals surface area contributed by atoms with Crippen LogP contribution in [0, 0.1) is 0 Å². The van der Waals surface area contributed by atoms with Gasteiger partial charge in [0, 0.05) is 4.88 Å². The zero-order valence-electron chi connectivity index (χ0n) is 10.6. The van der Waals surface area contributed by atoms with Crippen LogP contribution in [0.1, 0.15) is 28.5 Å².